The minimum Gasteiger partial charge on any atom is -0.490 e. The second kappa shape index (κ2) is 10.4. The van der Waals surface area contributed by atoms with E-state index in [4.69, 9.17) is 16.3 Å². The fourth-order valence-corrected chi connectivity index (χ4v) is 8.56. The third-order valence-corrected chi connectivity index (χ3v) is 11.6. The number of allylic oxidation sites excluding steroid dienone is 1. The van der Waals surface area contributed by atoms with Crippen LogP contribution in [0.3, 0.4) is 0 Å². The third-order valence-electron chi connectivity index (χ3n) is 9.82. The van der Waals surface area contributed by atoms with Crippen molar-refractivity contribution in [3.63, 3.8) is 0 Å². The zero-order valence-electron chi connectivity index (χ0n) is 23.2. The Morgan fingerprint density at radius 2 is 2.05 bits per heavy atom. The number of aliphatic hydroxyl groups is 1. The van der Waals surface area contributed by atoms with Crippen molar-refractivity contribution >= 4 is 38.8 Å². The number of halogens is 1. The number of nitrogens with one attached hydrogen (secondary N) is 1. The maximum Gasteiger partial charge on any atom is 0.262 e. The number of carbonyl (C=O) groups is 1. The van der Waals surface area contributed by atoms with Crippen molar-refractivity contribution < 1.29 is 18.8 Å². The Hall–Kier alpha value is -2.48. The van der Waals surface area contributed by atoms with Gasteiger partial charge in [-0.15, -0.1) is 0 Å². The molecule has 2 bridgehead atoms. The number of benzene rings is 2. The topological polar surface area (TPSA) is 78.9 Å². The van der Waals surface area contributed by atoms with Crippen LogP contribution < -0.4 is 14.4 Å². The zero-order valence-corrected chi connectivity index (χ0v) is 24.7. The lowest BCUT2D eigenvalue weighted by Crippen LogP contribution is -2.53. The number of nitrogens with zero attached hydrogens (tertiary/aromatic N) is 1. The van der Waals surface area contributed by atoms with Crippen LogP contribution in [-0.4, -0.2) is 52.6 Å². The lowest BCUT2D eigenvalue weighted by atomic mass is 9.58. The van der Waals surface area contributed by atoms with Crippen LogP contribution in [0.15, 0.2) is 48.6 Å². The van der Waals surface area contributed by atoms with Crippen molar-refractivity contribution in [3.05, 3.63) is 70.3 Å². The van der Waals surface area contributed by atoms with Crippen LogP contribution in [0.5, 0.6) is 5.75 Å². The van der Waals surface area contributed by atoms with Gasteiger partial charge < -0.3 is 14.7 Å². The summed E-state index contributed by atoms with van der Waals surface area (Å²) in [6, 6.07) is 11.7. The SMILES string of the molecule is C=S1(=O)CCC/C=C/[C@@H](O)[C@]2(C)CC[C@@H]2CN2C[C@@]3(CCCc4cc(Cl)ccc43)COc3ccc(cc32)C(=O)N1. The van der Waals surface area contributed by atoms with Gasteiger partial charge in [-0.2, -0.15) is 0 Å². The van der Waals surface area contributed by atoms with Crippen molar-refractivity contribution in [1.29, 1.82) is 0 Å². The highest BCUT2D eigenvalue weighted by Crippen LogP contribution is 2.52. The van der Waals surface area contributed by atoms with Crippen molar-refractivity contribution in [1.82, 2.24) is 4.72 Å². The molecule has 1 spiro atoms. The molecule has 2 aromatic carbocycles. The van der Waals surface area contributed by atoms with Crippen LogP contribution in [0, 0.1) is 11.3 Å². The highest BCUT2D eigenvalue weighted by atomic mass is 35.5. The van der Waals surface area contributed by atoms with E-state index in [9.17, 15) is 14.1 Å². The number of hydrogen-bond acceptors (Lipinski definition) is 5. The molecule has 4 aliphatic rings. The van der Waals surface area contributed by atoms with Crippen LogP contribution in [0.4, 0.5) is 5.69 Å². The van der Waals surface area contributed by atoms with E-state index in [0.29, 0.717) is 25.0 Å². The standard InChI is InChI=1S/C32H39ClN2O4S/c1-31-15-13-24(31)19-35-20-32(14-6-7-22-17-25(33)10-11-26(22)32)21-39-28-12-9-23(18-27(28)35)30(37)34-40(2,38)16-5-3-4-8-29(31)36/h4,8-12,17-18,24,29,36H,2-3,5-7,13-16,19-21H2,1H3,(H,34,37,38)/b8-4+/t24-,29-,31-,32+,40?/m1/s1. The highest BCUT2D eigenvalue weighted by molar-refractivity contribution is 7.99. The molecule has 1 unspecified atom stereocenters. The molecule has 214 valence electrons. The second-order valence-electron chi connectivity index (χ2n) is 12.5. The Morgan fingerprint density at radius 3 is 2.85 bits per heavy atom. The van der Waals surface area contributed by atoms with Gasteiger partial charge in [0.05, 0.1) is 18.4 Å². The van der Waals surface area contributed by atoms with Gasteiger partial charge in [0.15, 0.2) is 0 Å². The summed E-state index contributed by atoms with van der Waals surface area (Å²) in [6.45, 7) is 4.22. The number of aryl methyl sites for hydroxylation is 1. The average Bonchev–Trinajstić information content (AvgIpc) is 3.06. The molecule has 2 aromatic rings. The zero-order chi connectivity index (χ0) is 28.1. The molecular weight excluding hydrogens is 544 g/mol. The van der Waals surface area contributed by atoms with Gasteiger partial charge in [-0.3, -0.25) is 9.52 Å². The molecule has 2 heterocycles. The Balaban J connectivity index is 1.44. The Bertz CT molecular complexity index is 1460. The Morgan fingerprint density at radius 1 is 1.20 bits per heavy atom. The normalized spacial score (nSPS) is 34.9. The number of amides is 1. The lowest BCUT2D eigenvalue weighted by Gasteiger charge is -2.52. The van der Waals surface area contributed by atoms with E-state index in [1.807, 2.05) is 30.4 Å². The first-order chi connectivity index (χ1) is 19.1. The van der Waals surface area contributed by atoms with E-state index in [-0.39, 0.29) is 28.4 Å². The highest BCUT2D eigenvalue weighted by Gasteiger charge is 2.49. The third kappa shape index (κ3) is 5.05. The summed E-state index contributed by atoms with van der Waals surface area (Å²) in [5, 5.41) is 12.0. The molecular formula is C32H39ClN2O4S. The van der Waals surface area contributed by atoms with E-state index in [1.165, 1.54) is 11.1 Å². The Kier molecular flexibility index (Phi) is 7.21. The molecule has 8 heteroatoms. The quantitative estimate of drug-likeness (QED) is 0.325. The summed E-state index contributed by atoms with van der Waals surface area (Å²) < 4.78 is 22.3. The number of rotatable bonds is 0. The fraction of sp³-hybridized carbons (Fsp3) is 0.500. The molecule has 0 radical (unpaired) electrons. The van der Waals surface area contributed by atoms with Gasteiger partial charge in [0.1, 0.15) is 5.75 Å². The van der Waals surface area contributed by atoms with Crippen LogP contribution >= 0.6 is 11.6 Å². The van der Waals surface area contributed by atoms with Crippen LogP contribution in [0.2, 0.25) is 5.02 Å². The van der Waals surface area contributed by atoms with E-state index >= 15 is 0 Å². The van der Waals surface area contributed by atoms with Gasteiger partial charge in [-0.05, 0) is 98.2 Å². The van der Waals surface area contributed by atoms with Gasteiger partial charge in [0.2, 0.25) is 0 Å². The first-order valence-electron chi connectivity index (χ1n) is 14.4. The Labute approximate surface area is 242 Å². The number of hydrogen-bond donors (Lipinski definition) is 2. The van der Waals surface area contributed by atoms with Crippen molar-refractivity contribution in [3.8, 4) is 5.75 Å². The monoisotopic (exact) mass is 582 g/mol. The molecule has 2 aliphatic carbocycles. The van der Waals surface area contributed by atoms with Crippen molar-refractivity contribution in [2.24, 2.45) is 11.3 Å². The van der Waals surface area contributed by atoms with Gasteiger partial charge in [0, 0.05) is 50.0 Å². The summed E-state index contributed by atoms with van der Waals surface area (Å²) in [7, 11) is -2.79. The van der Waals surface area contributed by atoms with E-state index in [1.54, 1.807) is 6.07 Å². The molecule has 2 N–H and O–H groups in total. The van der Waals surface area contributed by atoms with Crippen LogP contribution in [-0.2, 0) is 21.5 Å². The molecule has 6 nitrogen and oxygen atoms in total. The molecule has 0 saturated heterocycles. The average molecular weight is 583 g/mol. The number of aliphatic hydroxyl groups excluding tert-OH is 1. The summed E-state index contributed by atoms with van der Waals surface area (Å²) in [5.41, 5.74) is 3.42. The molecule has 1 fully saturated rings. The first kappa shape index (κ1) is 27.7. The summed E-state index contributed by atoms with van der Waals surface area (Å²) in [4.78, 5) is 15.6. The van der Waals surface area contributed by atoms with Gasteiger partial charge in [-0.1, -0.05) is 36.7 Å². The lowest BCUT2D eigenvalue weighted by molar-refractivity contribution is -0.0469. The summed E-state index contributed by atoms with van der Waals surface area (Å²) in [6.07, 6.45) is 9.67. The van der Waals surface area contributed by atoms with Crippen LogP contribution in [0.1, 0.15) is 66.9 Å². The number of ether oxygens (including phenoxy) is 1. The minimum atomic E-state index is -2.79. The number of carbonyl (C=O) groups excluding carboxylic acids is 1. The molecule has 1 amide bonds. The van der Waals surface area contributed by atoms with E-state index < -0.39 is 15.8 Å². The maximum absolute atomic E-state index is 13.3. The summed E-state index contributed by atoms with van der Waals surface area (Å²) in [5.74, 6) is 4.74. The molecule has 40 heavy (non-hydrogen) atoms. The molecule has 2 aliphatic heterocycles. The van der Waals surface area contributed by atoms with E-state index in [2.05, 4.69) is 34.5 Å². The van der Waals surface area contributed by atoms with Crippen LogP contribution in [0.25, 0.3) is 0 Å². The van der Waals surface area contributed by atoms with Crippen molar-refractivity contribution in [2.45, 2.75) is 63.4 Å². The van der Waals surface area contributed by atoms with Gasteiger partial charge in [0.25, 0.3) is 5.91 Å². The maximum atomic E-state index is 13.3. The summed E-state index contributed by atoms with van der Waals surface area (Å²) >= 11 is 6.39. The number of anilines is 1. The predicted octanol–water partition coefficient (Wildman–Crippen LogP) is 5.30. The number of fused-ring (bicyclic) bond motifs is 4. The smallest absolute Gasteiger partial charge is 0.262 e. The molecule has 5 atom stereocenters. The largest absolute Gasteiger partial charge is 0.490 e. The second-order valence-corrected chi connectivity index (χ2v) is 15.2. The van der Waals surface area contributed by atoms with E-state index in [0.717, 1.165) is 61.7 Å². The predicted molar refractivity (Wildman–Crippen MR) is 163 cm³/mol. The van der Waals surface area contributed by atoms with Crippen molar-refractivity contribution in [2.75, 3.05) is 30.3 Å². The first-order valence-corrected chi connectivity index (χ1v) is 16.7. The molecule has 1 saturated carbocycles. The van der Waals surface area contributed by atoms with Gasteiger partial charge in [-0.25, -0.2) is 4.21 Å². The van der Waals surface area contributed by atoms with Gasteiger partial charge >= 0.3 is 0 Å². The minimum absolute atomic E-state index is 0.221. The fourth-order valence-electron chi connectivity index (χ4n) is 7.17. The molecule has 0 aromatic heterocycles. The molecule has 6 rings (SSSR count).